The van der Waals surface area contributed by atoms with Crippen LogP contribution in [0.3, 0.4) is 0 Å². The molecule has 0 aliphatic heterocycles. The number of esters is 1. The molecule has 0 saturated heterocycles. The maximum Gasteiger partial charge on any atom is 0.334 e. The zero-order valence-corrected chi connectivity index (χ0v) is 17.7. The number of nitrogens with one attached hydrogen (secondary N) is 3. The molecular formula is C17H14Cl5N3O2. The van der Waals surface area contributed by atoms with E-state index in [1.165, 1.54) is 18.2 Å². The molecule has 144 valence electrons. The van der Waals surface area contributed by atoms with Crippen molar-refractivity contribution in [1.82, 2.24) is 5.43 Å². The molecule has 0 atom stereocenters. The maximum atomic E-state index is 11.8. The molecule has 0 heterocycles. The van der Waals surface area contributed by atoms with E-state index in [-0.39, 0.29) is 12.4 Å². The highest BCUT2D eigenvalue weighted by Gasteiger charge is 2.10. The van der Waals surface area contributed by atoms with E-state index in [0.717, 1.165) is 0 Å². The summed E-state index contributed by atoms with van der Waals surface area (Å²) in [7, 11) is 0. The lowest BCUT2D eigenvalue weighted by Gasteiger charge is -2.18. The van der Waals surface area contributed by atoms with Gasteiger partial charge in [-0.2, -0.15) is 0 Å². The summed E-state index contributed by atoms with van der Waals surface area (Å²) in [6.07, 6.45) is 1.21. The second-order valence-corrected chi connectivity index (χ2v) is 7.15. The fourth-order valence-electron chi connectivity index (χ4n) is 1.93. The van der Waals surface area contributed by atoms with Crippen LogP contribution in [0.25, 0.3) is 0 Å². The summed E-state index contributed by atoms with van der Waals surface area (Å²) in [6, 6.07) is 7.92. The number of hydrazine groups is 1. The molecule has 2 rings (SSSR count). The SMILES string of the molecule is CCOC(=O)/C=C(/NNc1c(Cl)cc(Cl)cc1Cl)Nc1ccc(Cl)cc1Cl. The van der Waals surface area contributed by atoms with Crippen LogP contribution in [-0.4, -0.2) is 12.6 Å². The number of halogens is 5. The topological polar surface area (TPSA) is 62.4 Å². The van der Waals surface area contributed by atoms with Crippen molar-refractivity contribution in [1.29, 1.82) is 0 Å². The highest BCUT2D eigenvalue weighted by molar-refractivity contribution is 6.41. The van der Waals surface area contributed by atoms with Crippen molar-refractivity contribution >= 4 is 75.3 Å². The van der Waals surface area contributed by atoms with Crippen molar-refractivity contribution in [3.05, 3.63) is 67.3 Å². The molecule has 5 nitrogen and oxygen atoms in total. The Bertz CT molecular complexity index is 851. The van der Waals surface area contributed by atoms with Crippen LogP contribution in [0.15, 0.2) is 42.2 Å². The van der Waals surface area contributed by atoms with Crippen molar-refractivity contribution in [3.8, 4) is 0 Å². The average molecular weight is 470 g/mol. The van der Waals surface area contributed by atoms with E-state index in [0.29, 0.717) is 36.5 Å². The molecule has 0 fully saturated rings. The fraction of sp³-hybridized carbons (Fsp3) is 0.118. The largest absolute Gasteiger partial charge is 0.463 e. The molecule has 0 radical (unpaired) electrons. The second kappa shape index (κ2) is 10.2. The molecule has 10 heteroatoms. The van der Waals surface area contributed by atoms with E-state index in [9.17, 15) is 4.79 Å². The predicted octanol–water partition coefficient (Wildman–Crippen LogP) is 6.39. The van der Waals surface area contributed by atoms with Gasteiger partial charge in [0.15, 0.2) is 0 Å². The number of carbonyl (C=O) groups is 1. The molecule has 3 N–H and O–H groups in total. The average Bonchev–Trinajstić information content (AvgIpc) is 2.56. The first-order valence-electron chi connectivity index (χ1n) is 7.57. The van der Waals surface area contributed by atoms with Crippen LogP contribution in [-0.2, 0) is 9.53 Å². The van der Waals surface area contributed by atoms with Gasteiger partial charge in [-0.15, -0.1) is 0 Å². The van der Waals surface area contributed by atoms with Gasteiger partial charge in [-0.1, -0.05) is 58.0 Å². The Morgan fingerprint density at radius 3 is 2.22 bits per heavy atom. The van der Waals surface area contributed by atoms with Crippen LogP contribution < -0.4 is 16.2 Å². The van der Waals surface area contributed by atoms with Crippen molar-refractivity contribution in [2.24, 2.45) is 0 Å². The first kappa shape index (κ1) is 21.8. The van der Waals surface area contributed by atoms with E-state index < -0.39 is 5.97 Å². The molecule has 2 aromatic rings. The summed E-state index contributed by atoms with van der Waals surface area (Å²) in [5, 5.41) is 4.79. The number of hydrogen-bond acceptors (Lipinski definition) is 5. The standard InChI is InChI=1S/C17H14Cl5N3O2/c1-2-27-16(26)8-15(23-14-4-3-9(18)5-11(14)20)24-25-17-12(21)6-10(19)7-13(17)22/h3-8,23-25H,2H2,1H3/b15-8+. The second-order valence-electron chi connectivity index (χ2n) is 5.05. The predicted molar refractivity (Wildman–Crippen MR) is 113 cm³/mol. The Morgan fingerprint density at radius 1 is 1.00 bits per heavy atom. The summed E-state index contributed by atoms with van der Waals surface area (Å²) in [4.78, 5) is 11.8. The van der Waals surface area contributed by atoms with Gasteiger partial charge in [0.25, 0.3) is 0 Å². The molecule has 0 amide bonds. The van der Waals surface area contributed by atoms with Gasteiger partial charge in [-0.05, 0) is 37.3 Å². The number of hydrogen-bond donors (Lipinski definition) is 3. The van der Waals surface area contributed by atoms with Crippen molar-refractivity contribution < 1.29 is 9.53 Å². The first-order chi connectivity index (χ1) is 12.8. The Kier molecular flexibility index (Phi) is 8.20. The van der Waals surface area contributed by atoms with E-state index in [2.05, 4.69) is 16.2 Å². The molecule has 0 aliphatic rings. The third kappa shape index (κ3) is 6.55. The van der Waals surface area contributed by atoms with Gasteiger partial charge < -0.3 is 10.1 Å². The monoisotopic (exact) mass is 467 g/mol. The van der Waals surface area contributed by atoms with E-state index in [1.807, 2.05) is 0 Å². The highest BCUT2D eigenvalue weighted by Crippen LogP contribution is 2.33. The van der Waals surface area contributed by atoms with Gasteiger partial charge in [0.2, 0.25) is 0 Å². The van der Waals surface area contributed by atoms with Crippen molar-refractivity contribution in [2.45, 2.75) is 6.92 Å². The van der Waals surface area contributed by atoms with Crippen molar-refractivity contribution in [3.63, 3.8) is 0 Å². The van der Waals surface area contributed by atoms with Gasteiger partial charge in [-0.3, -0.25) is 10.9 Å². The molecule has 2 aromatic carbocycles. The minimum atomic E-state index is -0.562. The van der Waals surface area contributed by atoms with Crippen molar-refractivity contribution in [2.75, 3.05) is 17.3 Å². The van der Waals surface area contributed by atoms with Gasteiger partial charge in [0.05, 0.1) is 39.1 Å². The molecule has 0 saturated carbocycles. The number of ether oxygens (including phenoxy) is 1. The number of benzene rings is 2. The normalized spacial score (nSPS) is 11.1. The minimum Gasteiger partial charge on any atom is -0.463 e. The van der Waals surface area contributed by atoms with E-state index >= 15 is 0 Å². The lowest BCUT2D eigenvalue weighted by molar-refractivity contribution is -0.137. The molecule has 0 aliphatic carbocycles. The Hall–Kier alpha value is -1.50. The number of rotatable bonds is 7. The van der Waals surface area contributed by atoms with Gasteiger partial charge in [-0.25, -0.2) is 4.79 Å². The zero-order chi connectivity index (χ0) is 20.0. The Balaban J connectivity index is 2.24. The van der Waals surface area contributed by atoms with Gasteiger partial charge in [0, 0.05) is 10.0 Å². The van der Waals surface area contributed by atoms with E-state index in [4.69, 9.17) is 62.7 Å². The highest BCUT2D eigenvalue weighted by atomic mass is 35.5. The maximum absolute atomic E-state index is 11.8. The quantitative estimate of drug-likeness (QED) is 0.249. The summed E-state index contributed by atoms with van der Waals surface area (Å²) >= 11 is 30.2. The molecular weight excluding hydrogens is 455 g/mol. The van der Waals surface area contributed by atoms with Crippen LogP contribution in [0.5, 0.6) is 0 Å². The first-order valence-corrected chi connectivity index (χ1v) is 9.46. The minimum absolute atomic E-state index is 0.229. The molecule has 0 unspecified atom stereocenters. The van der Waals surface area contributed by atoms with Crippen LogP contribution in [0.1, 0.15) is 6.92 Å². The van der Waals surface area contributed by atoms with Crippen LogP contribution in [0.4, 0.5) is 11.4 Å². The molecule has 0 aromatic heterocycles. The molecule has 27 heavy (non-hydrogen) atoms. The zero-order valence-electron chi connectivity index (χ0n) is 13.9. The third-order valence-corrected chi connectivity index (χ3v) is 4.44. The Morgan fingerprint density at radius 2 is 1.63 bits per heavy atom. The smallest absolute Gasteiger partial charge is 0.334 e. The van der Waals surface area contributed by atoms with Gasteiger partial charge >= 0.3 is 5.97 Å². The van der Waals surface area contributed by atoms with E-state index in [1.54, 1.807) is 25.1 Å². The summed E-state index contributed by atoms with van der Waals surface area (Å²) in [5.41, 5.74) is 6.53. The number of carbonyl (C=O) groups excluding carboxylic acids is 1. The summed E-state index contributed by atoms with van der Waals surface area (Å²) < 4.78 is 4.93. The lowest BCUT2D eigenvalue weighted by atomic mass is 10.3. The third-order valence-electron chi connectivity index (χ3n) is 3.08. The number of anilines is 2. The molecule has 0 spiro atoms. The van der Waals surface area contributed by atoms with Crippen LogP contribution in [0.2, 0.25) is 25.1 Å². The molecule has 0 bridgehead atoms. The fourth-order valence-corrected chi connectivity index (χ4v) is 3.30. The lowest BCUT2D eigenvalue weighted by Crippen LogP contribution is -2.27. The van der Waals surface area contributed by atoms with Crippen LogP contribution >= 0.6 is 58.0 Å². The summed E-state index contributed by atoms with van der Waals surface area (Å²) in [6.45, 7) is 1.93. The summed E-state index contributed by atoms with van der Waals surface area (Å²) in [5.74, 6) is -0.326. The Labute approximate surface area is 181 Å². The van der Waals surface area contributed by atoms with Gasteiger partial charge in [0.1, 0.15) is 5.82 Å². The van der Waals surface area contributed by atoms with Crippen LogP contribution in [0, 0.1) is 0 Å².